The third-order valence-corrected chi connectivity index (χ3v) is 7.02. The van der Waals surface area contributed by atoms with E-state index < -0.39 is 5.91 Å². The van der Waals surface area contributed by atoms with Crippen LogP contribution in [0.4, 0.5) is 11.5 Å². The first-order valence-electron chi connectivity index (χ1n) is 11.9. The Balaban J connectivity index is 1.50. The monoisotopic (exact) mass is 460 g/mol. The summed E-state index contributed by atoms with van der Waals surface area (Å²) < 4.78 is 0. The van der Waals surface area contributed by atoms with Gasteiger partial charge in [0.2, 0.25) is 0 Å². The van der Waals surface area contributed by atoms with Crippen molar-refractivity contribution in [3.05, 3.63) is 75.0 Å². The zero-order valence-electron chi connectivity index (χ0n) is 21.0. The molecule has 1 fully saturated rings. The molecular weight excluding hydrogens is 424 g/mol. The first-order chi connectivity index (χ1) is 16.2. The number of aryl methyl sites for hydroxylation is 3. The summed E-state index contributed by atoms with van der Waals surface area (Å²) in [7, 11) is 2.17. The van der Waals surface area contributed by atoms with Crippen LogP contribution < -0.4 is 16.0 Å². The molecular formula is C27H36N6O. The third kappa shape index (κ3) is 5.09. The molecule has 1 amide bonds. The smallest absolute Gasteiger partial charge is 0.254 e. The average molecular weight is 461 g/mol. The van der Waals surface area contributed by atoms with Crippen LogP contribution in [0.25, 0.3) is 0 Å². The molecule has 34 heavy (non-hydrogen) atoms. The fourth-order valence-corrected chi connectivity index (χ4v) is 4.75. The highest BCUT2D eigenvalue weighted by molar-refractivity contribution is 5.99. The Morgan fingerprint density at radius 3 is 2.26 bits per heavy atom. The summed E-state index contributed by atoms with van der Waals surface area (Å²) in [6, 6.07) is 10.9. The molecule has 0 spiro atoms. The van der Waals surface area contributed by atoms with Gasteiger partial charge in [0.25, 0.3) is 5.91 Å². The molecule has 2 heterocycles. The highest BCUT2D eigenvalue weighted by Crippen LogP contribution is 2.26. The van der Waals surface area contributed by atoms with Gasteiger partial charge in [-0.3, -0.25) is 9.89 Å². The first kappa shape index (κ1) is 23.8. The minimum absolute atomic E-state index is 0.432. The van der Waals surface area contributed by atoms with Crippen LogP contribution in [0.15, 0.2) is 30.3 Å². The maximum absolute atomic E-state index is 12.3. The largest absolute Gasteiger partial charge is 0.369 e. The Bertz CT molecular complexity index is 1170. The summed E-state index contributed by atoms with van der Waals surface area (Å²) in [6.07, 6.45) is 0.569. The van der Waals surface area contributed by atoms with Gasteiger partial charge in [-0.05, 0) is 74.2 Å². The van der Waals surface area contributed by atoms with Crippen molar-refractivity contribution in [2.45, 2.75) is 40.7 Å². The van der Waals surface area contributed by atoms with Gasteiger partial charge < -0.3 is 20.9 Å². The lowest BCUT2D eigenvalue weighted by molar-refractivity contribution is 0.100. The van der Waals surface area contributed by atoms with Gasteiger partial charge >= 0.3 is 0 Å². The van der Waals surface area contributed by atoms with Crippen LogP contribution in [0.1, 0.15) is 49.4 Å². The number of benzene rings is 2. The molecule has 1 aromatic heterocycles. The number of nitrogens with one attached hydrogen (secondary N) is 2. The van der Waals surface area contributed by atoms with Gasteiger partial charge in [0, 0.05) is 44.8 Å². The summed E-state index contributed by atoms with van der Waals surface area (Å²) in [6.45, 7) is 13.3. The van der Waals surface area contributed by atoms with Crippen molar-refractivity contribution in [2.75, 3.05) is 43.4 Å². The molecule has 1 saturated heterocycles. The fourth-order valence-electron chi connectivity index (χ4n) is 4.75. The van der Waals surface area contributed by atoms with Crippen LogP contribution in [0.5, 0.6) is 0 Å². The van der Waals surface area contributed by atoms with Crippen LogP contribution in [0, 0.1) is 27.7 Å². The van der Waals surface area contributed by atoms with Crippen molar-refractivity contribution < 1.29 is 4.79 Å². The van der Waals surface area contributed by atoms with Gasteiger partial charge in [-0.1, -0.05) is 24.3 Å². The van der Waals surface area contributed by atoms with Gasteiger partial charge in [-0.25, -0.2) is 0 Å². The Morgan fingerprint density at radius 1 is 1.00 bits per heavy atom. The third-order valence-electron chi connectivity index (χ3n) is 7.02. The summed E-state index contributed by atoms with van der Waals surface area (Å²) in [5.41, 5.74) is 15.5. The van der Waals surface area contributed by atoms with Gasteiger partial charge in [0.15, 0.2) is 5.82 Å². The Hall–Kier alpha value is -3.32. The SMILES string of the molecule is Cc1cc(Cc2[nH]nc(NCc3cc(C)c(C)c(C)c3)c2C(N)=O)ccc1N1CCN(C)CC1. The van der Waals surface area contributed by atoms with E-state index in [-0.39, 0.29) is 0 Å². The van der Waals surface area contributed by atoms with Crippen LogP contribution in [-0.2, 0) is 13.0 Å². The Labute approximate surface area is 202 Å². The summed E-state index contributed by atoms with van der Waals surface area (Å²) in [4.78, 5) is 17.1. The van der Waals surface area contributed by atoms with Crippen LogP contribution in [-0.4, -0.2) is 54.2 Å². The molecule has 0 aliphatic carbocycles. The number of nitrogens with two attached hydrogens (primary N) is 1. The molecule has 4 rings (SSSR count). The number of amides is 1. The van der Waals surface area contributed by atoms with Gasteiger partial charge in [-0.2, -0.15) is 5.10 Å². The van der Waals surface area contributed by atoms with Crippen molar-refractivity contribution in [2.24, 2.45) is 5.73 Å². The Kier molecular flexibility index (Phi) is 6.93. The van der Waals surface area contributed by atoms with E-state index >= 15 is 0 Å². The number of rotatable bonds is 7. The number of hydrogen-bond acceptors (Lipinski definition) is 5. The van der Waals surface area contributed by atoms with Gasteiger partial charge in [0.1, 0.15) is 5.56 Å². The number of hydrogen-bond donors (Lipinski definition) is 3. The zero-order chi connectivity index (χ0) is 24.4. The highest BCUT2D eigenvalue weighted by atomic mass is 16.1. The summed E-state index contributed by atoms with van der Waals surface area (Å²) in [5, 5.41) is 10.7. The second-order valence-corrected chi connectivity index (χ2v) is 9.59. The molecule has 1 aliphatic rings. The molecule has 7 nitrogen and oxygen atoms in total. The zero-order valence-corrected chi connectivity index (χ0v) is 21.0. The van der Waals surface area contributed by atoms with E-state index in [2.05, 4.69) is 90.4 Å². The number of aromatic nitrogens is 2. The number of carbonyl (C=O) groups excluding carboxylic acids is 1. The molecule has 7 heteroatoms. The van der Waals surface area contributed by atoms with Gasteiger partial charge in [0.05, 0.1) is 5.69 Å². The van der Waals surface area contributed by atoms with Crippen molar-refractivity contribution in [3.63, 3.8) is 0 Å². The van der Waals surface area contributed by atoms with E-state index in [1.807, 2.05) is 0 Å². The van der Waals surface area contributed by atoms with Crippen LogP contribution >= 0.6 is 0 Å². The molecule has 2 aromatic carbocycles. The summed E-state index contributed by atoms with van der Waals surface area (Å²) >= 11 is 0. The quantitative estimate of drug-likeness (QED) is 0.500. The lowest BCUT2D eigenvalue weighted by Crippen LogP contribution is -2.44. The molecule has 0 bridgehead atoms. The molecule has 4 N–H and O–H groups in total. The molecule has 0 radical (unpaired) electrons. The van der Waals surface area contributed by atoms with E-state index in [1.54, 1.807) is 0 Å². The Morgan fingerprint density at radius 2 is 1.65 bits per heavy atom. The van der Waals surface area contributed by atoms with Crippen LogP contribution in [0.2, 0.25) is 0 Å². The van der Waals surface area contributed by atoms with Gasteiger partial charge in [-0.15, -0.1) is 0 Å². The second kappa shape index (κ2) is 9.89. The van der Waals surface area contributed by atoms with E-state index in [1.165, 1.54) is 27.9 Å². The number of piperazine rings is 1. The summed E-state index contributed by atoms with van der Waals surface area (Å²) in [5.74, 6) is 0.0254. The lowest BCUT2D eigenvalue weighted by atomic mass is 10.0. The van der Waals surface area contributed by atoms with E-state index in [9.17, 15) is 4.79 Å². The average Bonchev–Trinajstić information content (AvgIpc) is 3.19. The molecule has 0 unspecified atom stereocenters. The maximum Gasteiger partial charge on any atom is 0.254 e. The van der Waals surface area contributed by atoms with E-state index in [4.69, 9.17) is 5.73 Å². The van der Waals surface area contributed by atoms with E-state index in [0.29, 0.717) is 24.3 Å². The van der Waals surface area contributed by atoms with E-state index in [0.717, 1.165) is 43.0 Å². The number of carbonyl (C=O) groups is 1. The lowest BCUT2D eigenvalue weighted by Gasteiger charge is -2.35. The fraction of sp³-hybridized carbons (Fsp3) is 0.407. The molecule has 0 saturated carbocycles. The molecule has 1 aliphatic heterocycles. The normalized spacial score (nSPS) is 14.4. The predicted molar refractivity (Wildman–Crippen MR) is 139 cm³/mol. The number of H-pyrrole nitrogens is 1. The highest BCUT2D eigenvalue weighted by Gasteiger charge is 2.20. The van der Waals surface area contributed by atoms with Crippen molar-refractivity contribution in [3.8, 4) is 0 Å². The number of primary amides is 1. The molecule has 180 valence electrons. The molecule has 3 aromatic rings. The predicted octanol–water partition coefficient (Wildman–Crippen LogP) is 3.70. The van der Waals surface area contributed by atoms with Crippen molar-refractivity contribution >= 4 is 17.4 Å². The number of anilines is 2. The maximum atomic E-state index is 12.3. The topological polar surface area (TPSA) is 90.3 Å². The number of likely N-dealkylation sites (N-methyl/N-ethyl adjacent to an activating group) is 1. The minimum Gasteiger partial charge on any atom is -0.369 e. The number of aromatic amines is 1. The second-order valence-electron chi connectivity index (χ2n) is 9.59. The van der Waals surface area contributed by atoms with Crippen molar-refractivity contribution in [1.82, 2.24) is 15.1 Å². The first-order valence-corrected chi connectivity index (χ1v) is 11.9. The van der Waals surface area contributed by atoms with Crippen LogP contribution in [0.3, 0.4) is 0 Å². The molecule has 0 atom stereocenters. The number of nitrogens with zero attached hydrogens (tertiary/aromatic N) is 3. The standard InChI is InChI=1S/C27H36N6O/c1-17-12-22(13-18(2)20(17)4)16-29-27-25(26(28)34)23(30-31-27)15-21-6-7-24(19(3)14-21)33-10-8-32(5)9-11-33/h6-7,12-14H,8-11,15-16H2,1-5H3,(H2,28,34)(H2,29,30,31). The minimum atomic E-state index is -0.478. The van der Waals surface area contributed by atoms with Crippen molar-refractivity contribution in [1.29, 1.82) is 0 Å².